The van der Waals surface area contributed by atoms with Crippen molar-refractivity contribution in [2.45, 2.75) is 19.9 Å². The van der Waals surface area contributed by atoms with Gasteiger partial charge in [0.1, 0.15) is 6.04 Å². The first kappa shape index (κ1) is 23.6. The van der Waals surface area contributed by atoms with E-state index in [0.717, 1.165) is 18.4 Å². The Morgan fingerprint density at radius 1 is 1.17 bits per heavy atom. The van der Waals surface area contributed by atoms with Gasteiger partial charge in [-0.2, -0.15) is 0 Å². The minimum atomic E-state index is -4.02. The molecule has 1 N–H and O–H groups in total. The van der Waals surface area contributed by atoms with Crippen molar-refractivity contribution in [3.63, 3.8) is 0 Å². The minimum absolute atomic E-state index is 0.0273. The average Bonchev–Trinajstić information content (AvgIpc) is 2.63. The fourth-order valence-electron chi connectivity index (χ4n) is 2.64. The van der Waals surface area contributed by atoms with Crippen LogP contribution >= 0.6 is 11.6 Å². The lowest BCUT2D eigenvalue weighted by atomic mass is 10.2. The van der Waals surface area contributed by atoms with Gasteiger partial charge in [-0.25, -0.2) is 22.0 Å². The normalized spacial score (nSPS) is 12.2. The highest BCUT2D eigenvalue weighted by molar-refractivity contribution is 7.92. The molecule has 7 nitrogen and oxygen atoms in total. The molecular formula is C19H19ClF2N2O5S. The monoisotopic (exact) mass is 460 g/mol. The fraction of sp³-hybridized carbons (Fsp3) is 0.263. The number of benzene rings is 2. The number of esters is 1. The third-order valence-electron chi connectivity index (χ3n) is 3.98. The van der Waals surface area contributed by atoms with Crippen molar-refractivity contribution in [1.82, 2.24) is 0 Å². The van der Waals surface area contributed by atoms with Crippen LogP contribution in [0.15, 0.2) is 36.4 Å². The Bertz CT molecular complexity index is 1080. The zero-order chi connectivity index (χ0) is 22.6. The summed E-state index contributed by atoms with van der Waals surface area (Å²) in [6.07, 6.45) is 0.836. The van der Waals surface area contributed by atoms with Crippen molar-refractivity contribution in [2.24, 2.45) is 0 Å². The topological polar surface area (TPSA) is 92.8 Å². The molecule has 0 aromatic heterocycles. The van der Waals surface area contributed by atoms with E-state index >= 15 is 0 Å². The maximum absolute atomic E-state index is 13.6. The van der Waals surface area contributed by atoms with Gasteiger partial charge in [-0.05, 0) is 44.2 Å². The van der Waals surface area contributed by atoms with Gasteiger partial charge in [0.2, 0.25) is 15.9 Å². The van der Waals surface area contributed by atoms with Gasteiger partial charge < -0.3 is 10.1 Å². The number of hydrogen-bond donors (Lipinski definition) is 1. The Balaban J connectivity index is 2.28. The second-order valence-electron chi connectivity index (χ2n) is 6.24. The lowest BCUT2D eigenvalue weighted by molar-refractivity contribution is -0.116. The molecule has 0 aliphatic heterocycles. The quantitative estimate of drug-likeness (QED) is 0.637. The zero-order valence-corrected chi connectivity index (χ0v) is 17.9. The Hall–Kier alpha value is -2.72. The second-order valence-corrected chi connectivity index (χ2v) is 8.50. The molecule has 0 fully saturated rings. The molecule has 2 aromatic rings. The molecule has 0 spiro atoms. The van der Waals surface area contributed by atoms with E-state index in [-0.39, 0.29) is 28.6 Å². The first-order valence-corrected chi connectivity index (χ1v) is 10.9. The van der Waals surface area contributed by atoms with Gasteiger partial charge in [0.25, 0.3) is 0 Å². The summed E-state index contributed by atoms with van der Waals surface area (Å²) in [5, 5.41) is 2.51. The minimum Gasteiger partial charge on any atom is -0.462 e. The summed E-state index contributed by atoms with van der Waals surface area (Å²) < 4.78 is 56.8. The molecule has 2 rings (SSSR count). The highest BCUT2D eigenvalue weighted by Gasteiger charge is 2.30. The standard InChI is InChI=1S/C19H19ClF2N2O5S/c1-4-29-19(26)14-7-5-12(9-15(14)20)23-18(25)11(2)24(30(3,27)28)13-6-8-16(21)17(22)10-13/h5-11H,4H2,1-3H3,(H,23,25)/t11-/m0/s1. The van der Waals surface area contributed by atoms with E-state index in [1.54, 1.807) is 6.92 Å². The molecule has 11 heteroatoms. The van der Waals surface area contributed by atoms with Crippen LogP contribution in [0.2, 0.25) is 5.02 Å². The summed E-state index contributed by atoms with van der Waals surface area (Å²) in [4.78, 5) is 24.4. The maximum Gasteiger partial charge on any atom is 0.339 e. The summed E-state index contributed by atoms with van der Waals surface area (Å²) in [6.45, 7) is 3.09. The van der Waals surface area contributed by atoms with Gasteiger partial charge in [0.15, 0.2) is 11.6 Å². The van der Waals surface area contributed by atoms with E-state index in [4.69, 9.17) is 16.3 Å². The van der Waals surface area contributed by atoms with E-state index in [2.05, 4.69) is 5.32 Å². The van der Waals surface area contributed by atoms with Crippen molar-refractivity contribution in [1.29, 1.82) is 0 Å². The molecule has 0 bridgehead atoms. The molecule has 0 saturated carbocycles. The Labute approximate surface area is 177 Å². The number of halogens is 3. The van der Waals surface area contributed by atoms with E-state index in [1.165, 1.54) is 25.1 Å². The van der Waals surface area contributed by atoms with E-state index in [9.17, 15) is 26.8 Å². The van der Waals surface area contributed by atoms with Crippen LogP contribution in [0.5, 0.6) is 0 Å². The van der Waals surface area contributed by atoms with Crippen molar-refractivity contribution in [2.75, 3.05) is 22.5 Å². The predicted octanol–water partition coefficient (Wildman–Crippen LogP) is 3.59. The lowest BCUT2D eigenvalue weighted by Crippen LogP contribution is -2.45. The number of anilines is 2. The van der Waals surface area contributed by atoms with Crippen LogP contribution in [0.4, 0.5) is 20.2 Å². The third-order valence-corrected chi connectivity index (χ3v) is 5.53. The van der Waals surface area contributed by atoms with Gasteiger partial charge in [-0.15, -0.1) is 0 Å². The summed E-state index contributed by atoms with van der Waals surface area (Å²) in [7, 11) is -4.02. The van der Waals surface area contributed by atoms with Crippen LogP contribution in [0.25, 0.3) is 0 Å². The van der Waals surface area contributed by atoms with Crippen LogP contribution in [0.3, 0.4) is 0 Å². The Morgan fingerprint density at radius 3 is 2.37 bits per heavy atom. The molecule has 0 radical (unpaired) electrons. The molecule has 162 valence electrons. The number of ether oxygens (including phenoxy) is 1. The van der Waals surface area contributed by atoms with Crippen molar-refractivity contribution >= 4 is 44.9 Å². The maximum atomic E-state index is 13.6. The van der Waals surface area contributed by atoms with Crippen molar-refractivity contribution < 1.29 is 31.5 Å². The van der Waals surface area contributed by atoms with Crippen LogP contribution in [0.1, 0.15) is 24.2 Å². The largest absolute Gasteiger partial charge is 0.462 e. The molecule has 0 aliphatic rings. The highest BCUT2D eigenvalue weighted by Crippen LogP contribution is 2.25. The highest BCUT2D eigenvalue weighted by atomic mass is 35.5. The number of nitrogens with zero attached hydrogens (tertiary/aromatic N) is 1. The van der Waals surface area contributed by atoms with Gasteiger partial charge in [0.05, 0.1) is 29.1 Å². The smallest absolute Gasteiger partial charge is 0.339 e. The van der Waals surface area contributed by atoms with Crippen molar-refractivity contribution in [3.05, 3.63) is 58.6 Å². The molecule has 2 aromatic carbocycles. The first-order valence-electron chi connectivity index (χ1n) is 8.67. The molecular weight excluding hydrogens is 442 g/mol. The fourth-order valence-corrected chi connectivity index (χ4v) is 4.07. The van der Waals surface area contributed by atoms with Gasteiger partial charge in [-0.3, -0.25) is 9.10 Å². The molecule has 0 heterocycles. The number of amides is 1. The molecule has 30 heavy (non-hydrogen) atoms. The van der Waals surface area contributed by atoms with Crippen LogP contribution < -0.4 is 9.62 Å². The van der Waals surface area contributed by atoms with E-state index < -0.39 is 39.6 Å². The summed E-state index contributed by atoms with van der Waals surface area (Å²) in [6, 6.07) is 5.24. The van der Waals surface area contributed by atoms with Gasteiger partial charge in [0, 0.05) is 11.8 Å². The summed E-state index contributed by atoms with van der Waals surface area (Å²) in [5.74, 6) is -3.80. The van der Waals surface area contributed by atoms with Gasteiger partial charge >= 0.3 is 5.97 Å². The van der Waals surface area contributed by atoms with Crippen molar-refractivity contribution in [3.8, 4) is 0 Å². The van der Waals surface area contributed by atoms with E-state index in [1.807, 2.05) is 0 Å². The zero-order valence-electron chi connectivity index (χ0n) is 16.3. The lowest BCUT2D eigenvalue weighted by Gasteiger charge is -2.28. The van der Waals surface area contributed by atoms with Crippen LogP contribution in [-0.2, 0) is 19.6 Å². The SMILES string of the molecule is CCOC(=O)c1ccc(NC(=O)[C@H](C)N(c2ccc(F)c(F)c2)S(C)(=O)=O)cc1Cl. The Morgan fingerprint density at radius 2 is 1.83 bits per heavy atom. The number of nitrogens with one attached hydrogen (secondary N) is 1. The molecule has 1 atom stereocenters. The number of sulfonamides is 1. The predicted molar refractivity (Wildman–Crippen MR) is 109 cm³/mol. The number of carbonyl (C=O) groups excluding carboxylic acids is 2. The number of rotatable bonds is 7. The number of carbonyl (C=O) groups is 2. The van der Waals surface area contributed by atoms with Crippen LogP contribution in [0, 0.1) is 11.6 Å². The van der Waals surface area contributed by atoms with Gasteiger partial charge in [-0.1, -0.05) is 11.6 Å². The third kappa shape index (κ3) is 5.45. The average molecular weight is 461 g/mol. The van der Waals surface area contributed by atoms with Crippen LogP contribution in [-0.4, -0.2) is 39.2 Å². The molecule has 0 saturated heterocycles. The van der Waals surface area contributed by atoms with E-state index in [0.29, 0.717) is 10.4 Å². The molecule has 0 aliphatic carbocycles. The molecule has 0 unspecified atom stereocenters. The number of hydrogen-bond acceptors (Lipinski definition) is 5. The summed E-state index contributed by atoms with van der Waals surface area (Å²) in [5.41, 5.74) is 0.0856. The second kappa shape index (κ2) is 9.40. The molecule has 1 amide bonds. The summed E-state index contributed by atoms with van der Waals surface area (Å²) >= 11 is 6.05. The first-order chi connectivity index (χ1) is 14.0. The Kier molecular flexibility index (Phi) is 7.38.